The Morgan fingerprint density at radius 2 is 1.92 bits per heavy atom. The van der Waals surface area contributed by atoms with Crippen LogP contribution >= 0.6 is 23.5 Å². The van der Waals surface area contributed by atoms with Gasteiger partial charge < -0.3 is 5.32 Å². The van der Waals surface area contributed by atoms with Crippen molar-refractivity contribution in [2.24, 2.45) is 4.99 Å². The second-order valence-electron chi connectivity index (χ2n) is 5.82. The highest BCUT2D eigenvalue weighted by atomic mass is 32.2. The highest BCUT2D eigenvalue weighted by Gasteiger charge is 2.25. The molecule has 2 aliphatic rings. The molecule has 2 aliphatic heterocycles. The molecule has 136 valence electrons. The van der Waals surface area contributed by atoms with E-state index < -0.39 is 10.0 Å². The van der Waals surface area contributed by atoms with Gasteiger partial charge in [-0.15, -0.1) is 0 Å². The Balaban J connectivity index is 1.57. The summed E-state index contributed by atoms with van der Waals surface area (Å²) in [6, 6.07) is 6.40. The van der Waals surface area contributed by atoms with Crippen LogP contribution in [0.1, 0.15) is 19.3 Å². The zero-order chi connectivity index (χ0) is 17.7. The average Bonchev–Trinajstić information content (AvgIpc) is 3.15. The number of nitrogens with one attached hydrogen (secondary N) is 1. The Hall–Kier alpha value is -1.03. The monoisotopic (exact) mass is 399 g/mol. The average molecular weight is 400 g/mol. The number of amides is 1. The molecule has 1 aromatic rings. The fourth-order valence-electron chi connectivity index (χ4n) is 2.69. The summed E-state index contributed by atoms with van der Waals surface area (Å²) in [5.74, 6) is 1.17. The molecule has 0 saturated carbocycles. The Morgan fingerprint density at radius 1 is 1.20 bits per heavy atom. The van der Waals surface area contributed by atoms with Crippen molar-refractivity contribution in [3.8, 4) is 0 Å². The molecule has 0 atom stereocenters. The fourth-order valence-corrected chi connectivity index (χ4v) is 6.02. The zero-order valence-corrected chi connectivity index (χ0v) is 16.3. The van der Waals surface area contributed by atoms with Gasteiger partial charge in [-0.25, -0.2) is 8.42 Å². The lowest BCUT2D eigenvalue weighted by Crippen LogP contribution is -2.35. The smallest absolute Gasteiger partial charge is 0.243 e. The molecule has 1 fully saturated rings. The highest BCUT2D eigenvalue weighted by Crippen LogP contribution is 2.23. The van der Waals surface area contributed by atoms with Crippen LogP contribution in [-0.2, 0) is 14.8 Å². The number of benzene rings is 1. The van der Waals surface area contributed by atoms with Gasteiger partial charge in [-0.3, -0.25) is 9.79 Å². The molecule has 2 heterocycles. The summed E-state index contributed by atoms with van der Waals surface area (Å²) in [6.45, 7) is 1.99. The van der Waals surface area contributed by atoms with E-state index in [1.165, 1.54) is 11.8 Å². The molecule has 9 heteroatoms. The quantitative estimate of drug-likeness (QED) is 0.823. The molecule has 3 rings (SSSR count). The molecule has 1 aromatic carbocycles. The first-order valence-corrected chi connectivity index (χ1v) is 11.7. The van der Waals surface area contributed by atoms with Gasteiger partial charge in [0.25, 0.3) is 0 Å². The van der Waals surface area contributed by atoms with E-state index in [1.54, 1.807) is 40.3 Å². The third-order valence-electron chi connectivity index (χ3n) is 3.98. The second kappa shape index (κ2) is 8.57. The van der Waals surface area contributed by atoms with Crippen molar-refractivity contribution >= 4 is 49.5 Å². The predicted molar refractivity (Wildman–Crippen MR) is 105 cm³/mol. The minimum atomic E-state index is -3.43. The molecule has 0 bridgehead atoms. The van der Waals surface area contributed by atoms with Crippen LogP contribution in [0.15, 0.2) is 34.2 Å². The SMILES string of the molecule is O=C(CSC1=NCCS1)Nc1ccc(S(=O)(=O)N2CCCCC2)cc1. The van der Waals surface area contributed by atoms with E-state index in [4.69, 9.17) is 0 Å². The number of piperidine rings is 1. The molecule has 0 aliphatic carbocycles. The molecule has 6 nitrogen and oxygen atoms in total. The van der Waals surface area contributed by atoms with Gasteiger partial charge in [-0.05, 0) is 37.1 Å². The van der Waals surface area contributed by atoms with E-state index >= 15 is 0 Å². The van der Waals surface area contributed by atoms with E-state index in [9.17, 15) is 13.2 Å². The van der Waals surface area contributed by atoms with E-state index in [0.29, 0.717) is 24.5 Å². The topological polar surface area (TPSA) is 78.8 Å². The van der Waals surface area contributed by atoms with Crippen molar-refractivity contribution in [3.63, 3.8) is 0 Å². The zero-order valence-electron chi connectivity index (χ0n) is 13.8. The second-order valence-corrected chi connectivity index (χ2v) is 10.1. The molecule has 1 saturated heterocycles. The third kappa shape index (κ3) is 4.99. The van der Waals surface area contributed by atoms with Crippen molar-refractivity contribution in [2.45, 2.75) is 24.2 Å². The number of anilines is 1. The van der Waals surface area contributed by atoms with Gasteiger partial charge in [0.15, 0.2) is 0 Å². The molecule has 1 N–H and O–H groups in total. The maximum Gasteiger partial charge on any atom is 0.243 e. The minimum Gasteiger partial charge on any atom is -0.325 e. The van der Waals surface area contributed by atoms with Crippen LogP contribution in [0.5, 0.6) is 0 Å². The van der Waals surface area contributed by atoms with E-state index in [2.05, 4.69) is 10.3 Å². The number of sulfonamides is 1. The van der Waals surface area contributed by atoms with Crippen molar-refractivity contribution in [1.82, 2.24) is 4.31 Å². The summed E-state index contributed by atoms with van der Waals surface area (Å²) in [5, 5.41) is 2.79. The fraction of sp³-hybridized carbons (Fsp3) is 0.500. The van der Waals surface area contributed by atoms with Crippen molar-refractivity contribution in [2.75, 3.05) is 36.5 Å². The van der Waals surface area contributed by atoms with Gasteiger partial charge >= 0.3 is 0 Å². The number of hydrogen-bond donors (Lipinski definition) is 1. The highest BCUT2D eigenvalue weighted by molar-refractivity contribution is 8.39. The van der Waals surface area contributed by atoms with Crippen LogP contribution in [0.2, 0.25) is 0 Å². The normalized spacial score (nSPS) is 18.8. The molecule has 0 spiro atoms. The molecular formula is C16H21N3O3S3. The van der Waals surface area contributed by atoms with Crippen LogP contribution in [-0.4, -0.2) is 54.1 Å². The number of aliphatic imine (C=N–C) groups is 1. The molecule has 1 amide bonds. The molecular weight excluding hydrogens is 378 g/mol. The number of nitrogens with zero attached hydrogens (tertiary/aromatic N) is 2. The third-order valence-corrected chi connectivity index (χ3v) is 8.14. The van der Waals surface area contributed by atoms with Crippen LogP contribution in [0.3, 0.4) is 0 Å². The predicted octanol–water partition coefficient (Wildman–Crippen LogP) is 2.64. The Bertz CT molecular complexity index is 742. The summed E-state index contributed by atoms with van der Waals surface area (Å²) in [7, 11) is -3.43. The van der Waals surface area contributed by atoms with Crippen molar-refractivity contribution in [1.29, 1.82) is 0 Å². The lowest BCUT2D eigenvalue weighted by Gasteiger charge is -2.25. The van der Waals surface area contributed by atoms with Crippen LogP contribution in [0.4, 0.5) is 5.69 Å². The number of rotatable bonds is 5. The summed E-state index contributed by atoms with van der Waals surface area (Å²) < 4.78 is 27.7. The van der Waals surface area contributed by atoms with Crippen LogP contribution in [0.25, 0.3) is 0 Å². The van der Waals surface area contributed by atoms with E-state index in [1.807, 2.05) is 0 Å². The Morgan fingerprint density at radius 3 is 2.56 bits per heavy atom. The van der Waals surface area contributed by atoms with Gasteiger partial charge in [0.05, 0.1) is 17.2 Å². The molecule has 0 unspecified atom stereocenters. The van der Waals surface area contributed by atoms with Gasteiger partial charge in [0.1, 0.15) is 4.38 Å². The molecule has 0 aromatic heterocycles. The minimum absolute atomic E-state index is 0.119. The summed E-state index contributed by atoms with van der Waals surface area (Å²) in [4.78, 5) is 16.5. The van der Waals surface area contributed by atoms with E-state index in [-0.39, 0.29) is 10.8 Å². The van der Waals surface area contributed by atoms with E-state index in [0.717, 1.165) is 35.9 Å². The lowest BCUT2D eigenvalue weighted by atomic mass is 10.2. The maximum absolute atomic E-state index is 12.6. The largest absolute Gasteiger partial charge is 0.325 e. The van der Waals surface area contributed by atoms with Crippen LogP contribution < -0.4 is 5.32 Å². The Kier molecular flexibility index (Phi) is 6.43. The maximum atomic E-state index is 12.6. The summed E-state index contributed by atoms with van der Waals surface area (Å²) in [6.07, 6.45) is 2.91. The summed E-state index contributed by atoms with van der Waals surface area (Å²) >= 11 is 3.11. The number of carbonyl (C=O) groups is 1. The lowest BCUT2D eigenvalue weighted by molar-refractivity contribution is -0.113. The number of thioether (sulfide) groups is 2. The number of hydrogen-bond acceptors (Lipinski definition) is 6. The Labute approximate surface area is 156 Å². The van der Waals surface area contributed by atoms with Crippen molar-refractivity contribution in [3.05, 3.63) is 24.3 Å². The first-order chi connectivity index (χ1) is 12.1. The van der Waals surface area contributed by atoms with Gasteiger partial charge in [-0.2, -0.15) is 4.31 Å². The first kappa shape index (κ1) is 18.8. The van der Waals surface area contributed by atoms with Gasteiger partial charge in [0.2, 0.25) is 15.9 Å². The van der Waals surface area contributed by atoms with Gasteiger partial charge in [0, 0.05) is 24.5 Å². The number of carbonyl (C=O) groups excluding carboxylic acids is 1. The first-order valence-electron chi connectivity index (χ1n) is 8.26. The molecule has 25 heavy (non-hydrogen) atoms. The van der Waals surface area contributed by atoms with Crippen LogP contribution in [0, 0.1) is 0 Å². The standard InChI is InChI=1S/C16H21N3O3S3/c20-15(12-24-16-17-8-11-23-16)18-13-4-6-14(7-5-13)25(21,22)19-9-2-1-3-10-19/h4-7H,1-3,8-12H2,(H,18,20). The molecule has 0 radical (unpaired) electrons. The van der Waals surface area contributed by atoms with Gasteiger partial charge in [-0.1, -0.05) is 29.9 Å². The summed E-state index contributed by atoms with van der Waals surface area (Å²) in [5.41, 5.74) is 0.601. The van der Waals surface area contributed by atoms with Crippen molar-refractivity contribution < 1.29 is 13.2 Å².